The molecule has 0 saturated heterocycles. The lowest BCUT2D eigenvalue weighted by Crippen LogP contribution is -2.39. The summed E-state index contributed by atoms with van der Waals surface area (Å²) in [5.74, 6) is 6.96. The van der Waals surface area contributed by atoms with Crippen molar-refractivity contribution in [2.45, 2.75) is 39.2 Å². The standard InChI is InChI=1S/C9H20N4/c1-6-3-4-8(7(2)5-6)12-9(10)13-11/h6-8H,3-5,11H2,1-2H3,(H3,10,12,13). The van der Waals surface area contributed by atoms with Crippen LogP contribution in [-0.2, 0) is 0 Å². The highest BCUT2D eigenvalue weighted by Gasteiger charge is 2.24. The molecule has 0 aromatic carbocycles. The highest BCUT2D eigenvalue weighted by Crippen LogP contribution is 2.30. The lowest BCUT2D eigenvalue weighted by atomic mass is 9.80. The summed E-state index contributed by atoms with van der Waals surface area (Å²) in [5.41, 5.74) is 7.89. The summed E-state index contributed by atoms with van der Waals surface area (Å²) in [6.07, 6.45) is 3.62. The van der Waals surface area contributed by atoms with Crippen molar-refractivity contribution in [2.24, 2.45) is 28.4 Å². The summed E-state index contributed by atoms with van der Waals surface area (Å²) in [5, 5.41) is 0. The van der Waals surface area contributed by atoms with Gasteiger partial charge in [0.05, 0.1) is 6.04 Å². The Hall–Kier alpha value is -0.770. The Morgan fingerprint density at radius 1 is 1.38 bits per heavy atom. The van der Waals surface area contributed by atoms with Crippen molar-refractivity contribution < 1.29 is 0 Å². The Morgan fingerprint density at radius 3 is 2.62 bits per heavy atom. The van der Waals surface area contributed by atoms with E-state index in [-0.39, 0.29) is 0 Å². The minimum absolute atomic E-state index is 0.353. The van der Waals surface area contributed by atoms with E-state index >= 15 is 0 Å². The Bertz CT molecular complexity index is 190. The number of nitrogens with zero attached hydrogens (tertiary/aromatic N) is 1. The van der Waals surface area contributed by atoms with E-state index in [4.69, 9.17) is 11.6 Å². The van der Waals surface area contributed by atoms with Gasteiger partial charge in [-0.25, -0.2) is 10.8 Å². The predicted molar refractivity (Wildman–Crippen MR) is 54.9 cm³/mol. The molecular formula is C9H20N4. The lowest BCUT2D eigenvalue weighted by Gasteiger charge is -2.30. The molecule has 76 valence electrons. The normalized spacial score (nSPS) is 35.9. The molecule has 3 unspecified atom stereocenters. The average molecular weight is 184 g/mol. The predicted octanol–water partition coefficient (Wildman–Crippen LogP) is 0.589. The zero-order valence-corrected chi connectivity index (χ0v) is 8.46. The summed E-state index contributed by atoms with van der Waals surface area (Å²) >= 11 is 0. The van der Waals surface area contributed by atoms with Gasteiger partial charge >= 0.3 is 0 Å². The number of guanidine groups is 1. The molecule has 5 N–H and O–H groups in total. The van der Waals surface area contributed by atoms with E-state index in [0.717, 1.165) is 12.3 Å². The van der Waals surface area contributed by atoms with Crippen molar-refractivity contribution in [2.75, 3.05) is 0 Å². The van der Waals surface area contributed by atoms with E-state index in [2.05, 4.69) is 24.3 Å². The van der Waals surface area contributed by atoms with Gasteiger partial charge in [0.1, 0.15) is 0 Å². The van der Waals surface area contributed by atoms with Gasteiger partial charge in [-0.1, -0.05) is 13.8 Å². The molecule has 0 aromatic heterocycles. The second kappa shape index (κ2) is 4.46. The Morgan fingerprint density at radius 2 is 2.08 bits per heavy atom. The van der Waals surface area contributed by atoms with Crippen LogP contribution in [0.2, 0.25) is 0 Å². The topological polar surface area (TPSA) is 76.4 Å². The van der Waals surface area contributed by atoms with E-state index in [0.29, 0.717) is 17.9 Å². The number of hydrogen-bond donors (Lipinski definition) is 3. The minimum atomic E-state index is 0.353. The fourth-order valence-electron chi connectivity index (χ4n) is 2.06. The SMILES string of the molecule is CC1CCC(N=C(N)NN)C(C)C1. The third kappa shape index (κ3) is 2.88. The average Bonchev–Trinajstić information content (AvgIpc) is 2.09. The lowest BCUT2D eigenvalue weighted by molar-refractivity contribution is 0.264. The van der Waals surface area contributed by atoms with Gasteiger partial charge in [0.2, 0.25) is 5.96 Å². The van der Waals surface area contributed by atoms with Crippen molar-refractivity contribution in [1.29, 1.82) is 0 Å². The van der Waals surface area contributed by atoms with Crippen LogP contribution in [0.5, 0.6) is 0 Å². The summed E-state index contributed by atoms with van der Waals surface area (Å²) < 4.78 is 0. The van der Waals surface area contributed by atoms with E-state index in [1.165, 1.54) is 12.8 Å². The van der Waals surface area contributed by atoms with Gasteiger partial charge < -0.3 is 5.73 Å². The van der Waals surface area contributed by atoms with Crippen molar-refractivity contribution in [3.8, 4) is 0 Å². The first kappa shape index (κ1) is 10.3. The molecule has 0 aliphatic heterocycles. The maximum absolute atomic E-state index is 5.51. The Labute approximate surface area is 79.7 Å². The highest BCUT2D eigenvalue weighted by atomic mass is 15.3. The molecule has 0 radical (unpaired) electrons. The van der Waals surface area contributed by atoms with Crippen LogP contribution in [0, 0.1) is 11.8 Å². The van der Waals surface area contributed by atoms with Crippen LogP contribution in [0.25, 0.3) is 0 Å². The van der Waals surface area contributed by atoms with Crippen molar-refractivity contribution >= 4 is 5.96 Å². The monoisotopic (exact) mass is 184 g/mol. The third-order valence-electron chi connectivity index (χ3n) is 2.84. The van der Waals surface area contributed by atoms with Crippen LogP contribution in [0.15, 0.2) is 4.99 Å². The van der Waals surface area contributed by atoms with Crippen LogP contribution < -0.4 is 17.0 Å². The summed E-state index contributed by atoms with van der Waals surface area (Å²) in [6.45, 7) is 4.52. The smallest absolute Gasteiger partial charge is 0.203 e. The van der Waals surface area contributed by atoms with E-state index in [1.807, 2.05) is 0 Å². The zero-order valence-electron chi connectivity index (χ0n) is 8.46. The molecule has 0 spiro atoms. The van der Waals surface area contributed by atoms with Gasteiger partial charge in [0.25, 0.3) is 0 Å². The van der Waals surface area contributed by atoms with Gasteiger partial charge in [0.15, 0.2) is 0 Å². The molecule has 1 aliphatic rings. The second-order valence-electron chi connectivity index (χ2n) is 4.12. The molecule has 0 heterocycles. The summed E-state index contributed by atoms with van der Waals surface area (Å²) in [4.78, 5) is 4.33. The van der Waals surface area contributed by atoms with Crippen LogP contribution >= 0.6 is 0 Å². The molecule has 0 bridgehead atoms. The number of hydrazine groups is 1. The zero-order chi connectivity index (χ0) is 9.84. The molecule has 4 heteroatoms. The molecule has 4 nitrogen and oxygen atoms in total. The fourth-order valence-corrected chi connectivity index (χ4v) is 2.06. The van der Waals surface area contributed by atoms with Gasteiger partial charge in [0, 0.05) is 0 Å². The second-order valence-corrected chi connectivity index (χ2v) is 4.12. The Kier molecular flexibility index (Phi) is 3.54. The van der Waals surface area contributed by atoms with E-state index < -0.39 is 0 Å². The van der Waals surface area contributed by atoms with Gasteiger partial charge in [-0.2, -0.15) is 0 Å². The number of nitrogens with two attached hydrogens (primary N) is 2. The van der Waals surface area contributed by atoms with E-state index in [1.54, 1.807) is 0 Å². The number of rotatable bonds is 1. The third-order valence-corrected chi connectivity index (χ3v) is 2.84. The minimum Gasteiger partial charge on any atom is -0.369 e. The van der Waals surface area contributed by atoms with Crippen molar-refractivity contribution in [3.05, 3.63) is 0 Å². The maximum Gasteiger partial charge on any atom is 0.203 e. The molecule has 1 fully saturated rings. The molecule has 0 amide bonds. The first-order valence-electron chi connectivity index (χ1n) is 4.93. The quantitative estimate of drug-likeness (QED) is 0.241. The van der Waals surface area contributed by atoms with Crippen molar-refractivity contribution in [3.63, 3.8) is 0 Å². The molecular weight excluding hydrogens is 164 g/mol. The van der Waals surface area contributed by atoms with E-state index in [9.17, 15) is 0 Å². The highest BCUT2D eigenvalue weighted by molar-refractivity contribution is 5.77. The van der Waals surface area contributed by atoms with Crippen molar-refractivity contribution in [1.82, 2.24) is 5.43 Å². The van der Waals surface area contributed by atoms with Crippen LogP contribution in [0.1, 0.15) is 33.1 Å². The molecule has 3 atom stereocenters. The van der Waals surface area contributed by atoms with Crippen LogP contribution in [0.4, 0.5) is 0 Å². The number of hydrogen-bond acceptors (Lipinski definition) is 2. The number of aliphatic imine (C=N–C) groups is 1. The van der Waals surface area contributed by atoms with Gasteiger partial charge in [-0.05, 0) is 31.1 Å². The number of nitrogens with one attached hydrogen (secondary N) is 1. The molecule has 13 heavy (non-hydrogen) atoms. The molecule has 1 saturated carbocycles. The summed E-state index contributed by atoms with van der Waals surface area (Å²) in [6, 6.07) is 0.354. The van der Waals surface area contributed by atoms with Crippen LogP contribution in [0.3, 0.4) is 0 Å². The molecule has 0 aromatic rings. The first-order chi connectivity index (χ1) is 6.13. The van der Waals surface area contributed by atoms with Crippen LogP contribution in [-0.4, -0.2) is 12.0 Å². The first-order valence-corrected chi connectivity index (χ1v) is 4.93. The maximum atomic E-state index is 5.51. The van der Waals surface area contributed by atoms with Gasteiger partial charge in [-0.15, -0.1) is 0 Å². The fraction of sp³-hybridized carbons (Fsp3) is 0.889. The largest absolute Gasteiger partial charge is 0.369 e. The van der Waals surface area contributed by atoms with Gasteiger partial charge in [-0.3, -0.25) is 5.43 Å². The molecule has 1 rings (SSSR count). The molecule has 1 aliphatic carbocycles. The summed E-state index contributed by atoms with van der Waals surface area (Å²) in [7, 11) is 0. The Balaban J connectivity index is 2.51.